The van der Waals surface area contributed by atoms with Gasteiger partial charge in [0.15, 0.2) is 5.82 Å². The van der Waals surface area contributed by atoms with Crippen LogP contribution in [-0.2, 0) is 12.8 Å². The molecule has 2 N–H and O–H groups in total. The van der Waals surface area contributed by atoms with Crippen molar-refractivity contribution < 1.29 is 4.52 Å². The third-order valence-electron chi connectivity index (χ3n) is 3.49. The summed E-state index contributed by atoms with van der Waals surface area (Å²) in [5.41, 5.74) is 5.65. The van der Waals surface area contributed by atoms with E-state index in [0.29, 0.717) is 11.8 Å². The van der Waals surface area contributed by atoms with E-state index in [1.54, 1.807) is 0 Å². The zero-order valence-electron chi connectivity index (χ0n) is 12.7. The normalized spacial score (nSPS) is 13.1. The van der Waals surface area contributed by atoms with Gasteiger partial charge in [-0.25, -0.2) is 0 Å². The van der Waals surface area contributed by atoms with E-state index < -0.39 is 0 Å². The zero-order chi connectivity index (χ0) is 14.1. The first kappa shape index (κ1) is 16.2. The molecule has 0 aliphatic heterocycles. The maximum absolute atomic E-state index is 5.65. The van der Waals surface area contributed by atoms with Crippen molar-refractivity contribution in [1.29, 1.82) is 0 Å². The summed E-state index contributed by atoms with van der Waals surface area (Å²) in [7, 11) is 0. The summed E-state index contributed by atoms with van der Waals surface area (Å²) in [5, 5.41) is 4.05. The van der Waals surface area contributed by atoms with E-state index in [9.17, 15) is 0 Å². The Morgan fingerprint density at radius 3 is 2.53 bits per heavy atom. The van der Waals surface area contributed by atoms with Gasteiger partial charge in [0.25, 0.3) is 0 Å². The van der Waals surface area contributed by atoms with Crippen LogP contribution in [0.25, 0.3) is 0 Å². The molecule has 0 saturated carbocycles. The van der Waals surface area contributed by atoms with Crippen LogP contribution < -0.4 is 5.73 Å². The van der Waals surface area contributed by atoms with Crippen LogP contribution in [0.2, 0.25) is 0 Å². The molecular weight excluding hydrogens is 238 g/mol. The Morgan fingerprint density at radius 2 is 1.89 bits per heavy atom. The lowest BCUT2D eigenvalue weighted by molar-refractivity contribution is 0.346. The Balaban J connectivity index is 2.35. The maximum Gasteiger partial charge on any atom is 0.226 e. The molecule has 0 amide bonds. The third-order valence-corrected chi connectivity index (χ3v) is 3.49. The van der Waals surface area contributed by atoms with Gasteiger partial charge >= 0.3 is 0 Å². The van der Waals surface area contributed by atoms with Gasteiger partial charge in [0.05, 0.1) is 0 Å². The maximum atomic E-state index is 5.65. The molecule has 1 atom stereocenters. The van der Waals surface area contributed by atoms with Crippen molar-refractivity contribution >= 4 is 0 Å². The monoisotopic (exact) mass is 267 g/mol. The van der Waals surface area contributed by atoms with E-state index in [1.165, 1.54) is 12.8 Å². The highest BCUT2D eigenvalue weighted by Crippen LogP contribution is 2.17. The van der Waals surface area contributed by atoms with E-state index in [-0.39, 0.29) is 0 Å². The molecule has 1 aromatic rings. The second-order valence-electron chi connectivity index (χ2n) is 5.81. The first-order valence-electron chi connectivity index (χ1n) is 7.67. The molecule has 0 aromatic carbocycles. The highest BCUT2D eigenvalue weighted by atomic mass is 16.5. The van der Waals surface area contributed by atoms with Crippen molar-refractivity contribution in [3.05, 3.63) is 11.7 Å². The fourth-order valence-corrected chi connectivity index (χ4v) is 2.32. The van der Waals surface area contributed by atoms with Gasteiger partial charge in [0.2, 0.25) is 5.89 Å². The summed E-state index contributed by atoms with van der Waals surface area (Å²) in [6.07, 6.45) is 7.59. The average molecular weight is 267 g/mol. The Morgan fingerprint density at radius 1 is 1.11 bits per heavy atom. The molecule has 1 unspecified atom stereocenters. The average Bonchev–Trinajstić information content (AvgIpc) is 2.82. The summed E-state index contributed by atoms with van der Waals surface area (Å²) < 4.78 is 5.31. The molecule has 0 spiro atoms. The van der Waals surface area contributed by atoms with Crippen molar-refractivity contribution in [3.63, 3.8) is 0 Å². The van der Waals surface area contributed by atoms with E-state index in [1.807, 2.05) is 0 Å². The molecule has 4 heteroatoms. The second kappa shape index (κ2) is 9.08. The van der Waals surface area contributed by atoms with Crippen LogP contribution in [0.3, 0.4) is 0 Å². The molecule has 4 nitrogen and oxygen atoms in total. The van der Waals surface area contributed by atoms with Crippen molar-refractivity contribution in [2.75, 3.05) is 6.54 Å². The predicted molar refractivity (Wildman–Crippen MR) is 77.8 cm³/mol. The molecule has 0 aliphatic carbocycles. The molecule has 0 aliphatic rings. The van der Waals surface area contributed by atoms with Gasteiger partial charge < -0.3 is 10.3 Å². The molecule has 1 heterocycles. The Bertz CT molecular complexity index is 330. The van der Waals surface area contributed by atoms with Gasteiger partial charge in [-0.05, 0) is 37.6 Å². The topological polar surface area (TPSA) is 64.9 Å². The Kier molecular flexibility index (Phi) is 7.72. The minimum atomic E-state index is 0.681. The fraction of sp³-hybridized carbons (Fsp3) is 0.867. The molecule has 0 radical (unpaired) electrons. The van der Waals surface area contributed by atoms with Crippen LogP contribution in [-0.4, -0.2) is 16.7 Å². The zero-order valence-corrected chi connectivity index (χ0v) is 12.7. The second-order valence-corrected chi connectivity index (χ2v) is 5.81. The number of aryl methyl sites for hydroxylation is 2. The summed E-state index contributed by atoms with van der Waals surface area (Å²) in [4.78, 5) is 4.47. The van der Waals surface area contributed by atoms with Crippen LogP contribution >= 0.6 is 0 Å². The van der Waals surface area contributed by atoms with Gasteiger partial charge in [-0.2, -0.15) is 4.98 Å². The van der Waals surface area contributed by atoms with Crippen molar-refractivity contribution in [2.45, 2.75) is 65.7 Å². The van der Waals surface area contributed by atoms with Gasteiger partial charge in [-0.1, -0.05) is 38.8 Å². The van der Waals surface area contributed by atoms with E-state index in [0.717, 1.165) is 50.4 Å². The fourth-order valence-electron chi connectivity index (χ4n) is 2.32. The van der Waals surface area contributed by atoms with Gasteiger partial charge in [-0.3, -0.25) is 0 Å². The van der Waals surface area contributed by atoms with E-state index >= 15 is 0 Å². The van der Waals surface area contributed by atoms with E-state index in [2.05, 4.69) is 30.9 Å². The number of hydrogen-bond acceptors (Lipinski definition) is 4. The van der Waals surface area contributed by atoms with Gasteiger partial charge in [-0.15, -0.1) is 0 Å². The molecule has 0 saturated heterocycles. The largest absolute Gasteiger partial charge is 0.339 e. The highest BCUT2D eigenvalue weighted by molar-refractivity contribution is 4.87. The number of nitrogens with two attached hydrogens (primary N) is 1. The highest BCUT2D eigenvalue weighted by Gasteiger charge is 2.11. The van der Waals surface area contributed by atoms with E-state index in [4.69, 9.17) is 10.3 Å². The quantitative estimate of drug-likeness (QED) is 0.706. The standard InChI is InChI=1S/C15H29N3O/c1-4-5-13(10-11-16)7-9-15-17-14(18-19-15)8-6-12(2)3/h12-13H,4-11,16H2,1-3H3. The van der Waals surface area contributed by atoms with Crippen LogP contribution in [0.1, 0.15) is 64.6 Å². The van der Waals surface area contributed by atoms with Crippen LogP contribution in [0.15, 0.2) is 4.52 Å². The van der Waals surface area contributed by atoms with Crippen molar-refractivity contribution in [3.8, 4) is 0 Å². The molecular formula is C15H29N3O. The minimum absolute atomic E-state index is 0.681. The number of rotatable bonds is 10. The van der Waals surface area contributed by atoms with Gasteiger partial charge in [0, 0.05) is 12.8 Å². The number of hydrogen-bond donors (Lipinski definition) is 1. The summed E-state index contributed by atoms with van der Waals surface area (Å²) in [5.74, 6) is 3.02. The summed E-state index contributed by atoms with van der Waals surface area (Å²) in [6.45, 7) is 7.42. The number of aromatic nitrogens is 2. The van der Waals surface area contributed by atoms with Crippen molar-refractivity contribution in [1.82, 2.24) is 10.1 Å². The summed E-state index contributed by atoms with van der Waals surface area (Å²) in [6, 6.07) is 0. The smallest absolute Gasteiger partial charge is 0.226 e. The first-order valence-corrected chi connectivity index (χ1v) is 7.67. The SMILES string of the molecule is CCCC(CCN)CCc1nc(CCC(C)C)no1. The Hall–Kier alpha value is -0.900. The van der Waals surface area contributed by atoms with Crippen LogP contribution in [0.4, 0.5) is 0 Å². The first-order chi connectivity index (χ1) is 9.15. The minimum Gasteiger partial charge on any atom is -0.339 e. The van der Waals surface area contributed by atoms with Crippen LogP contribution in [0.5, 0.6) is 0 Å². The molecule has 1 rings (SSSR count). The van der Waals surface area contributed by atoms with Crippen LogP contribution in [0, 0.1) is 11.8 Å². The molecule has 19 heavy (non-hydrogen) atoms. The molecule has 1 aromatic heterocycles. The number of nitrogens with zero attached hydrogens (tertiary/aromatic N) is 2. The summed E-state index contributed by atoms with van der Waals surface area (Å²) >= 11 is 0. The lowest BCUT2D eigenvalue weighted by Gasteiger charge is -2.13. The van der Waals surface area contributed by atoms with Crippen molar-refractivity contribution in [2.24, 2.45) is 17.6 Å². The lowest BCUT2D eigenvalue weighted by Crippen LogP contribution is -2.09. The van der Waals surface area contributed by atoms with Gasteiger partial charge in [0.1, 0.15) is 0 Å². The Labute approximate surface area is 117 Å². The third kappa shape index (κ3) is 6.71. The molecule has 110 valence electrons. The lowest BCUT2D eigenvalue weighted by atomic mass is 9.94. The molecule has 0 fully saturated rings. The predicted octanol–water partition coefficient (Wildman–Crippen LogP) is 3.36. The molecule has 0 bridgehead atoms.